The van der Waals surface area contributed by atoms with E-state index < -0.39 is 5.97 Å². The molecule has 0 aromatic heterocycles. The minimum absolute atomic E-state index is 0.00495. The van der Waals surface area contributed by atoms with Crippen LogP contribution in [0.2, 0.25) is 0 Å². The Bertz CT molecular complexity index is 1440. The van der Waals surface area contributed by atoms with Gasteiger partial charge in [0.05, 0.1) is 17.7 Å². The van der Waals surface area contributed by atoms with Crippen molar-refractivity contribution in [1.82, 2.24) is 0 Å². The maximum Gasteiger partial charge on any atom is 0.386 e. The van der Waals surface area contributed by atoms with Gasteiger partial charge in [-0.05, 0) is 82.5 Å². The van der Waals surface area contributed by atoms with Gasteiger partial charge >= 0.3 is 11.9 Å². The molecule has 0 aliphatic rings. The monoisotopic (exact) mass is 506 g/mol. The lowest BCUT2D eigenvalue weighted by Gasteiger charge is -2.24. The summed E-state index contributed by atoms with van der Waals surface area (Å²) < 4.78 is 5.69. The molecule has 4 aromatic rings. The van der Waals surface area contributed by atoms with Gasteiger partial charge in [0.15, 0.2) is 0 Å². The third-order valence-corrected chi connectivity index (χ3v) is 6.50. The number of benzene rings is 4. The minimum Gasteiger partial charge on any atom is -0.462 e. The summed E-state index contributed by atoms with van der Waals surface area (Å²) in [6.07, 6.45) is 1.72. The van der Waals surface area contributed by atoms with Crippen LogP contribution < -0.4 is 0 Å². The number of fused-ring (bicyclic) bond motifs is 1. The van der Waals surface area contributed by atoms with Crippen molar-refractivity contribution >= 4 is 22.7 Å². The van der Waals surface area contributed by atoms with Gasteiger partial charge < -0.3 is 4.74 Å². The Morgan fingerprint density at radius 1 is 0.684 bits per heavy atom. The highest BCUT2D eigenvalue weighted by molar-refractivity contribution is 5.90. The molecule has 0 bridgehead atoms. The number of esters is 1. The van der Waals surface area contributed by atoms with Crippen LogP contribution in [-0.2, 0) is 22.7 Å². The van der Waals surface area contributed by atoms with Crippen molar-refractivity contribution in [3.05, 3.63) is 114 Å². The van der Waals surface area contributed by atoms with E-state index in [4.69, 9.17) is 4.74 Å². The Hall–Kier alpha value is -3.92. The first-order valence-corrected chi connectivity index (χ1v) is 12.8. The average Bonchev–Trinajstić information content (AvgIpc) is 2.86. The summed E-state index contributed by atoms with van der Waals surface area (Å²) in [5.41, 5.74) is 4.61. The number of hydrogen-bond acceptors (Lipinski definition) is 3. The van der Waals surface area contributed by atoms with Gasteiger partial charge in [-0.3, -0.25) is 0 Å². The first kappa shape index (κ1) is 27.1. The second-order valence-corrected chi connectivity index (χ2v) is 11.7. The van der Waals surface area contributed by atoms with Gasteiger partial charge in [-0.25, -0.2) is 14.7 Å². The topological polar surface area (TPSA) is 63.3 Å². The van der Waals surface area contributed by atoms with Gasteiger partial charge in [-0.2, -0.15) is 0 Å². The van der Waals surface area contributed by atoms with Crippen LogP contribution in [0.1, 0.15) is 59.5 Å². The Labute approximate surface area is 225 Å². The summed E-state index contributed by atoms with van der Waals surface area (Å²) in [7, 11) is 0. The fourth-order valence-electron chi connectivity index (χ4n) is 4.66. The number of carbonyl (C=O) groups is 2. The van der Waals surface area contributed by atoms with Gasteiger partial charge in [-0.15, -0.1) is 0 Å². The van der Waals surface area contributed by atoms with Gasteiger partial charge in [0.1, 0.15) is 0 Å². The molecule has 0 aliphatic carbocycles. The maximum atomic E-state index is 12.7. The maximum absolute atomic E-state index is 12.7. The molecule has 4 heteroatoms. The SMILES string of the molecule is [CH2]C(C)(C)Cc1ccc2cc(CC(C)(C)COC(=O)c3ccc(-c4ccc(C([O])=O)cc4)cc3)ccc2c1. The Kier molecular flexibility index (Phi) is 7.73. The van der Waals surface area contributed by atoms with Crippen molar-refractivity contribution in [3.8, 4) is 11.1 Å². The fourth-order valence-corrected chi connectivity index (χ4v) is 4.66. The molecule has 4 rings (SSSR count). The number of rotatable bonds is 9. The third kappa shape index (κ3) is 7.10. The molecule has 0 heterocycles. The van der Waals surface area contributed by atoms with E-state index in [-0.39, 0.29) is 22.4 Å². The van der Waals surface area contributed by atoms with E-state index in [1.54, 1.807) is 24.3 Å². The van der Waals surface area contributed by atoms with Crippen LogP contribution in [0.5, 0.6) is 0 Å². The molecule has 0 fully saturated rings. The molecular weight excluding hydrogens is 472 g/mol. The molecule has 194 valence electrons. The minimum atomic E-state index is -1.21. The van der Waals surface area contributed by atoms with Gasteiger partial charge in [0, 0.05) is 5.41 Å². The van der Waals surface area contributed by atoms with Crippen LogP contribution in [-0.4, -0.2) is 18.5 Å². The van der Waals surface area contributed by atoms with Gasteiger partial charge in [0.2, 0.25) is 0 Å². The quantitative estimate of drug-likeness (QED) is 0.217. The Morgan fingerprint density at radius 2 is 1.16 bits per heavy atom. The van der Waals surface area contributed by atoms with E-state index >= 15 is 0 Å². The van der Waals surface area contributed by atoms with Crippen LogP contribution in [0.25, 0.3) is 21.9 Å². The molecule has 4 nitrogen and oxygen atoms in total. The largest absolute Gasteiger partial charge is 0.462 e. The molecular formula is C34H34O4. The molecule has 0 aliphatic heterocycles. The fraction of sp³-hybridized carbons (Fsp3) is 0.265. The summed E-state index contributed by atoms with van der Waals surface area (Å²) in [6.45, 7) is 13.0. The highest BCUT2D eigenvalue weighted by Gasteiger charge is 2.22. The zero-order chi connectivity index (χ0) is 27.5. The standard InChI is InChI=1S/C34H34O4/c1-33(2,3)20-23-6-8-30-19-24(7-9-29(30)18-23)21-34(4,5)22-38-32(37)28-16-12-26(13-17-28)25-10-14-27(15-11-25)31(35)36/h6-19H,1,20-22H2,2-5H3. The highest BCUT2D eigenvalue weighted by Crippen LogP contribution is 2.28. The molecule has 0 saturated carbocycles. The number of hydrogen-bond donors (Lipinski definition) is 0. The van der Waals surface area contributed by atoms with E-state index in [0.717, 1.165) is 24.0 Å². The number of ether oxygens (including phenoxy) is 1. The molecule has 0 N–H and O–H groups in total. The molecule has 0 saturated heterocycles. The number of carbonyl (C=O) groups excluding carboxylic acids is 2. The van der Waals surface area contributed by atoms with E-state index in [1.807, 2.05) is 12.1 Å². The second kappa shape index (κ2) is 10.8. The van der Waals surface area contributed by atoms with Crippen molar-refractivity contribution < 1.29 is 19.4 Å². The Balaban J connectivity index is 1.36. The molecule has 4 aromatic carbocycles. The predicted molar refractivity (Wildman–Crippen MR) is 151 cm³/mol. The smallest absolute Gasteiger partial charge is 0.386 e. The molecule has 0 unspecified atom stereocenters. The van der Waals surface area contributed by atoms with E-state index in [2.05, 4.69) is 71.0 Å². The lowest BCUT2D eigenvalue weighted by atomic mass is 9.85. The van der Waals surface area contributed by atoms with E-state index in [0.29, 0.717) is 12.2 Å². The molecule has 38 heavy (non-hydrogen) atoms. The van der Waals surface area contributed by atoms with Crippen molar-refractivity contribution in [1.29, 1.82) is 0 Å². The van der Waals surface area contributed by atoms with Crippen molar-refractivity contribution in [3.63, 3.8) is 0 Å². The summed E-state index contributed by atoms with van der Waals surface area (Å²) in [4.78, 5) is 23.7. The third-order valence-electron chi connectivity index (χ3n) is 6.50. The summed E-state index contributed by atoms with van der Waals surface area (Å²) in [6, 6.07) is 26.7. The van der Waals surface area contributed by atoms with Crippen molar-refractivity contribution in [2.24, 2.45) is 10.8 Å². The predicted octanol–water partition coefficient (Wildman–Crippen LogP) is 7.91. The zero-order valence-corrected chi connectivity index (χ0v) is 22.5. The zero-order valence-electron chi connectivity index (χ0n) is 22.5. The lowest BCUT2D eigenvalue weighted by Crippen LogP contribution is -2.24. The first-order chi connectivity index (χ1) is 17.9. The van der Waals surface area contributed by atoms with Gasteiger partial charge in [-0.1, -0.05) is 88.4 Å². The van der Waals surface area contributed by atoms with Crippen molar-refractivity contribution in [2.75, 3.05) is 6.61 Å². The first-order valence-electron chi connectivity index (χ1n) is 12.8. The molecule has 0 spiro atoms. The van der Waals surface area contributed by atoms with Crippen molar-refractivity contribution in [2.45, 2.75) is 40.5 Å². The molecule has 0 amide bonds. The molecule has 0 atom stereocenters. The summed E-state index contributed by atoms with van der Waals surface area (Å²) in [5.74, 6) is -1.57. The highest BCUT2D eigenvalue weighted by atomic mass is 16.5. The lowest BCUT2D eigenvalue weighted by molar-refractivity contribution is 0.0341. The second-order valence-electron chi connectivity index (χ2n) is 11.7. The normalized spacial score (nSPS) is 11.9. The molecule has 2 radical (unpaired) electrons. The average molecular weight is 507 g/mol. The van der Waals surface area contributed by atoms with Crippen LogP contribution in [0.4, 0.5) is 0 Å². The summed E-state index contributed by atoms with van der Waals surface area (Å²) in [5, 5.41) is 13.4. The van der Waals surface area contributed by atoms with E-state index in [1.165, 1.54) is 34.0 Å². The van der Waals surface area contributed by atoms with E-state index in [9.17, 15) is 14.7 Å². The van der Waals surface area contributed by atoms with Crippen LogP contribution >= 0.6 is 0 Å². The summed E-state index contributed by atoms with van der Waals surface area (Å²) >= 11 is 0. The van der Waals surface area contributed by atoms with Gasteiger partial charge in [0.25, 0.3) is 0 Å². The van der Waals surface area contributed by atoms with Crippen LogP contribution in [0.3, 0.4) is 0 Å². The Morgan fingerprint density at radius 3 is 1.63 bits per heavy atom. The van der Waals surface area contributed by atoms with Crippen LogP contribution in [0, 0.1) is 17.8 Å². The van der Waals surface area contributed by atoms with Crippen LogP contribution in [0.15, 0.2) is 84.9 Å².